The SMILES string of the molecule is C=CC1=C(C(=C)O)C(=O)c2ccccc2C1. The largest absolute Gasteiger partial charge is 0.508 e. The van der Waals surface area contributed by atoms with Gasteiger partial charge in [-0.1, -0.05) is 43.5 Å². The van der Waals surface area contributed by atoms with E-state index in [1.807, 2.05) is 18.2 Å². The third kappa shape index (κ3) is 1.48. The van der Waals surface area contributed by atoms with Gasteiger partial charge < -0.3 is 5.11 Å². The first kappa shape index (κ1) is 10.4. The molecule has 2 nitrogen and oxygen atoms in total. The molecule has 16 heavy (non-hydrogen) atoms. The molecule has 0 spiro atoms. The predicted molar refractivity (Wildman–Crippen MR) is 63.5 cm³/mol. The van der Waals surface area contributed by atoms with E-state index in [-0.39, 0.29) is 17.1 Å². The van der Waals surface area contributed by atoms with Crippen LogP contribution in [0.1, 0.15) is 15.9 Å². The summed E-state index contributed by atoms with van der Waals surface area (Å²) in [6.07, 6.45) is 2.21. The number of ketones is 1. The molecule has 0 bridgehead atoms. The maximum Gasteiger partial charge on any atom is 0.197 e. The lowest BCUT2D eigenvalue weighted by atomic mass is 9.84. The van der Waals surface area contributed by atoms with Crippen molar-refractivity contribution in [1.82, 2.24) is 0 Å². The summed E-state index contributed by atoms with van der Waals surface area (Å²) in [6, 6.07) is 7.38. The van der Waals surface area contributed by atoms with Crippen molar-refractivity contribution in [3.8, 4) is 0 Å². The van der Waals surface area contributed by atoms with Gasteiger partial charge in [0.2, 0.25) is 0 Å². The van der Waals surface area contributed by atoms with Crippen molar-refractivity contribution in [2.45, 2.75) is 6.42 Å². The maximum atomic E-state index is 12.1. The Bertz CT molecular complexity index is 521. The van der Waals surface area contributed by atoms with Crippen LogP contribution in [0, 0.1) is 0 Å². The van der Waals surface area contributed by atoms with Gasteiger partial charge >= 0.3 is 0 Å². The fraction of sp³-hybridized carbons (Fsp3) is 0.0714. The molecule has 1 aromatic carbocycles. The molecular formula is C14H12O2. The van der Waals surface area contributed by atoms with Crippen molar-refractivity contribution in [2.75, 3.05) is 0 Å². The Hall–Kier alpha value is -2.09. The first-order valence-electron chi connectivity index (χ1n) is 5.01. The minimum absolute atomic E-state index is 0.177. The number of carbonyl (C=O) groups is 1. The lowest BCUT2D eigenvalue weighted by molar-refractivity contribution is 0.102. The van der Waals surface area contributed by atoms with E-state index in [4.69, 9.17) is 0 Å². The molecule has 80 valence electrons. The van der Waals surface area contributed by atoms with Crippen LogP contribution in [0.2, 0.25) is 0 Å². The Morgan fingerprint density at radius 3 is 2.69 bits per heavy atom. The monoisotopic (exact) mass is 212 g/mol. The van der Waals surface area contributed by atoms with E-state index in [2.05, 4.69) is 13.2 Å². The number of rotatable bonds is 2. The van der Waals surface area contributed by atoms with Crippen LogP contribution in [-0.4, -0.2) is 10.9 Å². The number of allylic oxidation sites excluding steroid dienone is 3. The van der Waals surface area contributed by atoms with Gasteiger partial charge in [-0.15, -0.1) is 0 Å². The standard InChI is InChI=1S/C14H12O2/c1-3-10-8-11-6-4-5-7-12(11)14(16)13(10)9(2)15/h3-7,15H,1-2,8H2. The average Bonchev–Trinajstić information content (AvgIpc) is 2.28. The van der Waals surface area contributed by atoms with Crippen LogP contribution >= 0.6 is 0 Å². The van der Waals surface area contributed by atoms with Gasteiger partial charge in [0.1, 0.15) is 5.76 Å². The van der Waals surface area contributed by atoms with Crippen LogP contribution in [0.25, 0.3) is 0 Å². The van der Waals surface area contributed by atoms with E-state index in [0.29, 0.717) is 12.0 Å². The summed E-state index contributed by atoms with van der Waals surface area (Å²) in [6.45, 7) is 7.09. The Labute approximate surface area is 94.2 Å². The van der Waals surface area contributed by atoms with Crippen LogP contribution in [0.5, 0.6) is 0 Å². The molecule has 0 saturated carbocycles. The van der Waals surface area contributed by atoms with E-state index < -0.39 is 0 Å². The van der Waals surface area contributed by atoms with E-state index in [1.165, 1.54) is 0 Å². The van der Waals surface area contributed by atoms with E-state index >= 15 is 0 Å². The zero-order valence-electron chi connectivity index (χ0n) is 8.86. The Morgan fingerprint density at radius 1 is 1.38 bits per heavy atom. The molecule has 0 saturated heterocycles. The molecule has 1 aromatic rings. The van der Waals surface area contributed by atoms with Gasteiger partial charge in [0.05, 0.1) is 5.57 Å². The lowest BCUT2D eigenvalue weighted by Gasteiger charge is -2.19. The highest BCUT2D eigenvalue weighted by atomic mass is 16.3. The normalized spacial score (nSPS) is 14.6. The molecule has 0 unspecified atom stereocenters. The van der Waals surface area contributed by atoms with Crippen molar-refractivity contribution in [1.29, 1.82) is 0 Å². The lowest BCUT2D eigenvalue weighted by Crippen LogP contribution is -2.16. The summed E-state index contributed by atoms with van der Waals surface area (Å²) < 4.78 is 0. The zero-order valence-corrected chi connectivity index (χ0v) is 8.86. The highest BCUT2D eigenvalue weighted by molar-refractivity contribution is 6.14. The first-order valence-corrected chi connectivity index (χ1v) is 5.01. The molecule has 1 aliphatic rings. The van der Waals surface area contributed by atoms with Gasteiger partial charge in [-0.05, 0) is 17.6 Å². The summed E-state index contributed by atoms with van der Waals surface area (Å²) in [7, 11) is 0. The number of Topliss-reactive ketones (excluding diaryl/α,β-unsaturated/α-hetero) is 1. The number of carbonyl (C=O) groups excluding carboxylic acids is 1. The number of hydrogen-bond acceptors (Lipinski definition) is 2. The van der Waals surface area contributed by atoms with Gasteiger partial charge in [0.15, 0.2) is 5.78 Å². The molecule has 2 rings (SSSR count). The Morgan fingerprint density at radius 2 is 2.06 bits per heavy atom. The van der Waals surface area contributed by atoms with Crippen LogP contribution in [0.3, 0.4) is 0 Å². The van der Waals surface area contributed by atoms with Crippen molar-refractivity contribution in [3.05, 3.63) is 71.5 Å². The van der Waals surface area contributed by atoms with Gasteiger partial charge in [-0.25, -0.2) is 0 Å². The fourth-order valence-electron chi connectivity index (χ4n) is 1.96. The molecule has 0 atom stereocenters. The maximum absolute atomic E-state index is 12.1. The number of fused-ring (bicyclic) bond motifs is 1. The first-order chi connectivity index (χ1) is 7.65. The topological polar surface area (TPSA) is 37.3 Å². The van der Waals surface area contributed by atoms with E-state index in [0.717, 1.165) is 11.1 Å². The Kier molecular flexibility index (Phi) is 2.49. The van der Waals surface area contributed by atoms with E-state index in [9.17, 15) is 9.90 Å². The van der Waals surface area contributed by atoms with Gasteiger partial charge in [-0.3, -0.25) is 4.79 Å². The smallest absolute Gasteiger partial charge is 0.197 e. The summed E-state index contributed by atoms with van der Waals surface area (Å²) in [5.41, 5.74) is 2.62. The molecule has 2 heteroatoms. The second-order valence-corrected chi connectivity index (χ2v) is 3.71. The molecule has 1 N–H and O–H groups in total. The molecular weight excluding hydrogens is 200 g/mol. The quantitative estimate of drug-likeness (QED) is 0.765. The van der Waals surface area contributed by atoms with Crippen molar-refractivity contribution >= 4 is 5.78 Å². The number of aliphatic hydroxyl groups is 1. The van der Waals surface area contributed by atoms with Crippen molar-refractivity contribution in [3.63, 3.8) is 0 Å². The highest BCUT2D eigenvalue weighted by Crippen LogP contribution is 2.29. The van der Waals surface area contributed by atoms with Crippen molar-refractivity contribution < 1.29 is 9.90 Å². The molecule has 0 amide bonds. The third-order valence-electron chi connectivity index (χ3n) is 2.73. The second-order valence-electron chi connectivity index (χ2n) is 3.71. The van der Waals surface area contributed by atoms with Gasteiger partial charge in [0.25, 0.3) is 0 Å². The van der Waals surface area contributed by atoms with Crippen LogP contribution in [0.15, 0.2) is 60.4 Å². The van der Waals surface area contributed by atoms with Gasteiger partial charge in [-0.2, -0.15) is 0 Å². The fourth-order valence-corrected chi connectivity index (χ4v) is 1.96. The summed E-state index contributed by atoms with van der Waals surface area (Å²) in [5, 5.41) is 9.45. The molecule has 0 fully saturated rings. The number of benzene rings is 1. The number of hydrogen-bond donors (Lipinski definition) is 1. The van der Waals surface area contributed by atoms with Gasteiger partial charge in [0, 0.05) is 5.56 Å². The molecule has 1 aliphatic carbocycles. The molecule has 0 radical (unpaired) electrons. The Balaban J connectivity index is 2.62. The highest BCUT2D eigenvalue weighted by Gasteiger charge is 2.25. The average molecular weight is 212 g/mol. The molecule has 0 heterocycles. The number of aliphatic hydroxyl groups excluding tert-OH is 1. The third-order valence-corrected chi connectivity index (χ3v) is 2.73. The van der Waals surface area contributed by atoms with Crippen LogP contribution < -0.4 is 0 Å². The van der Waals surface area contributed by atoms with Crippen LogP contribution in [0.4, 0.5) is 0 Å². The second kappa shape index (κ2) is 3.81. The summed E-state index contributed by atoms with van der Waals surface area (Å²) >= 11 is 0. The molecule has 0 aliphatic heterocycles. The van der Waals surface area contributed by atoms with Crippen LogP contribution in [-0.2, 0) is 6.42 Å². The summed E-state index contributed by atoms with van der Waals surface area (Å²) in [5.74, 6) is -0.362. The minimum atomic E-state index is -0.186. The predicted octanol–water partition coefficient (Wildman–Crippen LogP) is 2.98. The zero-order chi connectivity index (χ0) is 11.7. The van der Waals surface area contributed by atoms with Crippen molar-refractivity contribution in [2.24, 2.45) is 0 Å². The summed E-state index contributed by atoms with van der Waals surface area (Å²) in [4.78, 5) is 12.1. The minimum Gasteiger partial charge on any atom is -0.508 e. The van der Waals surface area contributed by atoms with E-state index in [1.54, 1.807) is 12.1 Å². The molecule has 0 aromatic heterocycles.